The molecule has 3 saturated heterocycles. The van der Waals surface area contributed by atoms with Gasteiger partial charge in [0.15, 0.2) is 0 Å². The lowest BCUT2D eigenvalue weighted by molar-refractivity contribution is -0.0361. The number of alkyl carbamates (subject to hydrolysis) is 1. The van der Waals surface area contributed by atoms with Gasteiger partial charge in [0.05, 0.1) is 12.6 Å². The number of nitrogens with zero attached hydrogens (tertiary/aromatic N) is 1. The van der Waals surface area contributed by atoms with E-state index in [0.29, 0.717) is 18.4 Å². The lowest BCUT2D eigenvalue weighted by Gasteiger charge is -2.44. The van der Waals surface area contributed by atoms with Gasteiger partial charge in [-0.25, -0.2) is 4.79 Å². The minimum absolute atomic E-state index is 0.00566. The third-order valence-corrected chi connectivity index (χ3v) is 7.73. The highest BCUT2D eigenvalue weighted by molar-refractivity contribution is 5.70. The molecule has 3 fully saturated rings. The van der Waals surface area contributed by atoms with E-state index >= 15 is 0 Å². The van der Waals surface area contributed by atoms with Crippen molar-refractivity contribution in [1.82, 2.24) is 10.2 Å². The van der Waals surface area contributed by atoms with Crippen LogP contribution in [0.2, 0.25) is 0 Å². The molecule has 0 saturated carbocycles. The maximum Gasteiger partial charge on any atom is 0.407 e. The number of carbonyl (C=O) groups excluding carboxylic acids is 1. The standard InChI is InChI=1S/C28H36N2O3/c1-18(2)19-5-7-20(8-6-19)22-9-10-23-24(15-22)32-17-28(3,4)26(23)29-27(31)33-25-16-30-13-11-21(25)12-14-30/h5-10,15,18,21,25-26H,11-14,16-17H2,1-4H3,(H,29,31)/t25-,26?/m0/s1. The molecular formula is C28H36N2O3. The molecule has 0 aliphatic carbocycles. The Balaban J connectivity index is 1.33. The van der Waals surface area contributed by atoms with Gasteiger partial charge in [0.1, 0.15) is 11.9 Å². The van der Waals surface area contributed by atoms with Crippen LogP contribution in [0, 0.1) is 11.3 Å². The van der Waals surface area contributed by atoms with Crippen molar-refractivity contribution in [3.63, 3.8) is 0 Å². The number of rotatable bonds is 4. The predicted molar refractivity (Wildman–Crippen MR) is 131 cm³/mol. The molecule has 33 heavy (non-hydrogen) atoms. The zero-order valence-electron chi connectivity index (χ0n) is 20.3. The van der Waals surface area contributed by atoms with Crippen molar-refractivity contribution in [2.45, 2.75) is 58.6 Å². The van der Waals surface area contributed by atoms with Crippen molar-refractivity contribution in [3.05, 3.63) is 53.6 Å². The molecule has 1 N–H and O–H groups in total. The largest absolute Gasteiger partial charge is 0.493 e. The average molecular weight is 449 g/mol. The molecule has 0 radical (unpaired) electrons. The predicted octanol–water partition coefficient (Wildman–Crippen LogP) is 5.76. The summed E-state index contributed by atoms with van der Waals surface area (Å²) in [4.78, 5) is 15.3. The molecule has 2 atom stereocenters. The molecule has 2 bridgehead atoms. The third-order valence-electron chi connectivity index (χ3n) is 7.73. The van der Waals surface area contributed by atoms with Crippen molar-refractivity contribution in [2.75, 3.05) is 26.2 Å². The van der Waals surface area contributed by atoms with Gasteiger partial charge in [-0.3, -0.25) is 4.90 Å². The van der Waals surface area contributed by atoms with Crippen LogP contribution in [0.25, 0.3) is 11.1 Å². The fourth-order valence-electron chi connectivity index (χ4n) is 5.51. The smallest absolute Gasteiger partial charge is 0.407 e. The Kier molecular flexibility index (Phi) is 5.86. The van der Waals surface area contributed by atoms with Gasteiger partial charge in [0.2, 0.25) is 0 Å². The first-order chi connectivity index (χ1) is 15.8. The molecule has 0 spiro atoms. The molecule has 4 heterocycles. The van der Waals surface area contributed by atoms with Gasteiger partial charge in [0.25, 0.3) is 0 Å². The first-order valence-electron chi connectivity index (χ1n) is 12.4. The van der Waals surface area contributed by atoms with E-state index in [1.54, 1.807) is 0 Å². The summed E-state index contributed by atoms with van der Waals surface area (Å²) in [5.41, 5.74) is 4.40. The van der Waals surface area contributed by atoms with E-state index in [1.165, 1.54) is 11.1 Å². The van der Waals surface area contributed by atoms with Crippen molar-refractivity contribution >= 4 is 6.09 Å². The Morgan fingerprint density at radius 3 is 2.42 bits per heavy atom. The summed E-state index contributed by atoms with van der Waals surface area (Å²) < 4.78 is 12.1. The second-order valence-electron chi connectivity index (χ2n) is 11.0. The molecule has 1 amide bonds. The average Bonchev–Trinajstić information content (AvgIpc) is 2.81. The highest BCUT2D eigenvalue weighted by atomic mass is 16.6. The van der Waals surface area contributed by atoms with Gasteiger partial charge in [-0.2, -0.15) is 0 Å². The Morgan fingerprint density at radius 1 is 1.09 bits per heavy atom. The molecular weight excluding hydrogens is 412 g/mol. The summed E-state index contributed by atoms with van der Waals surface area (Å²) in [6.45, 7) is 12.4. The van der Waals surface area contributed by atoms with Crippen molar-refractivity contribution in [3.8, 4) is 16.9 Å². The van der Waals surface area contributed by atoms with E-state index in [0.717, 1.165) is 49.4 Å². The van der Waals surface area contributed by atoms with Crippen LogP contribution in [0.1, 0.15) is 63.6 Å². The van der Waals surface area contributed by atoms with Crippen LogP contribution >= 0.6 is 0 Å². The number of fused-ring (bicyclic) bond motifs is 4. The van der Waals surface area contributed by atoms with Gasteiger partial charge in [-0.1, -0.05) is 64.1 Å². The molecule has 5 nitrogen and oxygen atoms in total. The fraction of sp³-hybridized carbons (Fsp3) is 0.536. The Morgan fingerprint density at radius 2 is 1.79 bits per heavy atom. The number of hydrogen-bond donors (Lipinski definition) is 1. The first-order valence-corrected chi connectivity index (χ1v) is 12.4. The van der Waals surface area contributed by atoms with Gasteiger partial charge >= 0.3 is 6.09 Å². The molecule has 0 aromatic heterocycles. The van der Waals surface area contributed by atoms with E-state index in [2.05, 4.69) is 80.4 Å². The molecule has 2 aromatic rings. The van der Waals surface area contributed by atoms with Crippen LogP contribution in [0.15, 0.2) is 42.5 Å². The molecule has 1 unspecified atom stereocenters. The maximum atomic E-state index is 12.9. The van der Waals surface area contributed by atoms with Crippen molar-refractivity contribution in [2.24, 2.45) is 11.3 Å². The van der Waals surface area contributed by atoms with Gasteiger partial charge in [0, 0.05) is 17.5 Å². The molecule has 6 rings (SSSR count). The molecule has 5 heteroatoms. The van der Waals surface area contributed by atoms with E-state index in [4.69, 9.17) is 9.47 Å². The molecule has 2 aromatic carbocycles. The summed E-state index contributed by atoms with van der Waals surface area (Å²) in [6.07, 6.45) is 1.95. The summed E-state index contributed by atoms with van der Waals surface area (Å²) in [5, 5.41) is 3.19. The quantitative estimate of drug-likeness (QED) is 0.646. The van der Waals surface area contributed by atoms with Crippen LogP contribution in [0.4, 0.5) is 4.79 Å². The summed E-state index contributed by atoms with van der Waals surface area (Å²) in [6, 6.07) is 14.9. The number of piperidine rings is 3. The number of ether oxygens (including phenoxy) is 2. The SMILES string of the molecule is CC(C)c1ccc(-c2ccc3c(c2)OCC(C)(C)C3NC(=O)O[C@H]2CN3CCC2CC3)cc1. The summed E-state index contributed by atoms with van der Waals surface area (Å²) in [5.74, 6) is 1.86. The Labute approximate surface area is 197 Å². The number of nitrogens with one attached hydrogen (secondary N) is 1. The minimum Gasteiger partial charge on any atom is -0.493 e. The van der Waals surface area contributed by atoms with E-state index < -0.39 is 0 Å². The van der Waals surface area contributed by atoms with Crippen LogP contribution in [0.5, 0.6) is 5.75 Å². The fourth-order valence-corrected chi connectivity index (χ4v) is 5.51. The van der Waals surface area contributed by atoms with Gasteiger partial charge in [-0.05, 0) is 60.5 Å². The zero-order valence-corrected chi connectivity index (χ0v) is 20.3. The summed E-state index contributed by atoms with van der Waals surface area (Å²) in [7, 11) is 0. The topological polar surface area (TPSA) is 50.8 Å². The second-order valence-corrected chi connectivity index (χ2v) is 11.0. The van der Waals surface area contributed by atoms with Gasteiger partial charge in [-0.15, -0.1) is 0 Å². The lowest BCUT2D eigenvalue weighted by atomic mass is 9.78. The van der Waals surface area contributed by atoms with Gasteiger partial charge < -0.3 is 14.8 Å². The first kappa shape index (κ1) is 22.3. The number of amides is 1. The Bertz CT molecular complexity index is 1010. The number of carbonyl (C=O) groups is 1. The summed E-state index contributed by atoms with van der Waals surface area (Å²) >= 11 is 0. The lowest BCUT2D eigenvalue weighted by Crippen LogP contribution is -2.53. The monoisotopic (exact) mass is 448 g/mol. The van der Waals surface area contributed by atoms with Crippen LogP contribution in [-0.4, -0.2) is 43.3 Å². The number of benzene rings is 2. The van der Waals surface area contributed by atoms with Crippen LogP contribution in [0.3, 0.4) is 0 Å². The third kappa shape index (κ3) is 4.48. The van der Waals surface area contributed by atoms with E-state index in [9.17, 15) is 4.79 Å². The number of hydrogen-bond acceptors (Lipinski definition) is 4. The normalized spacial score (nSPS) is 27.5. The molecule has 176 valence electrons. The Hall–Kier alpha value is -2.53. The van der Waals surface area contributed by atoms with Crippen molar-refractivity contribution < 1.29 is 14.3 Å². The highest BCUT2D eigenvalue weighted by Crippen LogP contribution is 2.44. The highest BCUT2D eigenvalue weighted by Gasteiger charge is 2.41. The maximum absolute atomic E-state index is 12.9. The van der Waals surface area contributed by atoms with Crippen LogP contribution < -0.4 is 10.1 Å². The van der Waals surface area contributed by atoms with E-state index in [1.807, 2.05) is 0 Å². The van der Waals surface area contributed by atoms with Crippen LogP contribution in [-0.2, 0) is 4.74 Å². The minimum atomic E-state index is -0.312. The van der Waals surface area contributed by atoms with E-state index in [-0.39, 0.29) is 23.7 Å². The molecule has 4 aliphatic heterocycles. The second kappa shape index (κ2) is 8.68. The zero-order chi connectivity index (χ0) is 23.2. The molecule has 4 aliphatic rings. The van der Waals surface area contributed by atoms with Crippen molar-refractivity contribution in [1.29, 1.82) is 0 Å².